The van der Waals surface area contributed by atoms with Crippen molar-refractivity contribution in [3.8, 4) is 0 Å². The summed E-state index contributed by atoms with van der Waals surface area (Å²) in [5, 5.41) is 0. The molecule has 2 rings (SSSR count). The van der Waals surface area contributed by atoms with E-state index in [-0.39, 0.29) is 6.04 Å². The van der Waals surface area contributed by atoms with Crippen LogP contribution in [-0.2, 0) is 0 Å². The summed E-state index contributed by atoms with van der Waals surface area (Å²) < 4.78 is 2.26. The average molecular weight is 431 g/mol. The van der Waals surface area contributed by atoms with E-state index in [1.54, 1.807) is 0 Å². The maximum absolute atomic E-state index is 5.79. The number of nitrogens with two attached hydrogens (primary N) is 1. The van der Waals surface area contributed by atoms with Crippen LogP contribution in [0.3, 0.4) is 0 Å². The Hall–Kier alpha value is -0.430. The molecule has 4 heteroatoms. The first kappa shape index (κ1) is 15.0. The molecule has 1 atom stereocenters. The molecule has 2 aromatic rings. The molecule has 0 radical (unpaired) electrons. The van der Waals surface area contributed by atoms with Gasteiger partial charge in [0, 0.05) is 8.04 Å². The van der Waals surface area contributed by atoms with Crippen molar-refractivity contribution in [2.75, 3.05) is 0 Å². The van der Waals surface area contributed by atoms with E-state index in [0.717, 1.165) is 10.0 Å². The number of hydrogen-bond donors (Lipinski definition) is 2. The predicted octanol–water partition coefficient (Wildman–Crippen LogP) is 4.22. The van der Waals surface area contributed by atoms with Crippen molar-refractivity contribution in [2.24, 2.45) is 5.84 Å². The van der Waals surface area contributed by atoms with Gasteiger partial charge in [0.25, 0.3) is 0 Å². The summed E-state index contributed by atoms with van der Waals surface area (Å²) in [5.41, 5.74) is 7.80. The number of rotatable bonds is 3. The first-order chi connectivity index (χ1) is 9.02. The maximum Gasteiger partial charge on any atom is 0.0723 e. The minimum atomic E-state index is -0.00955. The van der Waals surface area contributed by atoms with E-state index in [4.69, 9.17) is 5.84 Å². The zero-order valence-corrected chi connectivity index (χ0v) is 14.6. The van der Waals surface area contributed by atoms with Crippen LogP contribution in [0.1, 0.15) is 28.3 Å². The molecule has 1 unspecified atom stereocenters. The van der Waals surface area contributed by atoms with Gasteiger partial charge in [-0.05, 0) is 71.3 Å². The molecule has 100 valence electrons. The molecule has 0 heterocycles. The zero-order chi connectivity index (χ0) is 14.0. The van der Waals surface area contributed by atoms with Crippen molar-refractivity contribution >= 4 is 38.5 Å². The molecular weight excluding hydrogens is 415 g/mol. The van der Waals surface area contributed by atoms with Crippen molar-refractivity contribution < 1.29 is 0 Å². The van der Waals surface area contributed by atoms with Gasteiger partial charge in [0.05, 0.1) is 6.04 Å². The highest BCUT2D eigenvalue weighted by Gasteiger charge is 2.17. The number of hydrazine groups is 1. The second-order valence-electron chi connectivity index (χ2n) is 4.63. The van der Waals surface area contributed by atoms with Crippen LogP contribution in [0.5, 0.6) is 0 Å². The summed E-state index contributed by atoms with van der Waals surface area (Å²) in [5.74, 6) is 5.79. The minimum Gasteiger partial charge on any atom is -0.271 e. The highest BCUT2D eigenvalue weighted by Crippen LogP contribution is 2.31. The molecule has 0 spiro atoms. The van der Waals surface area contributed by atoms with Gasteiger partial charge in [0.1, 0.15) is 0 Å². The van der Waals surface area contributed by atoms with Gasteiger partial charge < -0.3 is 0 Å². The first-order valence-electron chi connectivity index (χ1n) is 6.01. The lowest BCUT2D eigenvalue weighted by Crippen LogP contribution is -2.29. The third-order valence-electron chi connectivity index (χ3n) is 3.17. The smallest absolute Gasteiger partial charge is 0.0723 e. The standard InChI is InChI=1S/C15H16BrIN2/c1-9-3-5-12(10(2)7-9)15(19-18)13-8-11(17)4-6-14(13)16/h3-8,15,19H,18H2,1-2H3. The van der Waals surface area contributed by atoms with Gasteiger partial charge >= 0.3 is 0 Å². The number of hydrogen-bond acceptors (Lipinski definition) is 2. The molecule has 0 bridgehead atoms. The molecule has 2 aromatic carbocycles. The molecular formula is C15H16BrIN2. The summed E-state index contributed by atoms with van der Waals surface area (Å²) in [4.78, 5) is 0. The molecule has 0 saturated carbocycles. The Kier molecular flexibility index (Phi) is 5.00. The summed E-state index contributed by atoms with van der Waals surface area (Å²) in [6.07, 6.45) is 0. The normalized spacial score (nSPS) is 12.5. The van der Waals surface area contributed by atoms with Crippen LogP contribution in [0, 0.1) is 17.4 Å². The Morgan fingerprint density at radius 2 is 1.84 bits per heavy atom. The topological polar surface area (TPSA) is 38.0 Å². The van der Waals surface area contributed by atoms with E-state index >= 15 is 0 Å². The minimum absolute atomic E-state index is 0.00955. The fourth-order valence-electron chi connectivity index (χ4n) is 2.23. The summed E-state index contributed by atoms with van der Waals surface area (Å²) in [7, 11) is 0. The molecule has 0 aliphatic rings. The SMILES string of the molecule is Cc1ccc(C(NN)c2cc(I)ccc2Br)c(C)c1. The lowest BCUT2D eigenvalue weighted by Gasteiger charge is -2.21. The molecule has 19 heavy (non-hydrogen) atoms. The molecule has 3 N–H and O–H groups in total. The number of benzene rings is 2. The van der Waals surface area contributed by atoms with Crippen LogP contribution in [0.4, 0.5) is 0 Å². The third-order valence-corrected chi connectivity index (χ3v) is 4.57. The van der Waals surface area contributed by atoms with E-state index in [0.29, 0.717) is 0 Å². The highest BCUT2D eigenvalue weighted by atomic mass is 127. The van der Waals surface area contributed by atoms with Crippen molar-refractivity contribution in [3.63, 3.8) is 0 Å². The average Bonchev–Trinajstić information content (AvgIpc) is 2.36. The van der Waals surface area contributed by atoms with Crippen molar-refractivity contribution in [2.45, 2.75) is 19.9 Å². The monoisotopic (exact) mass is 430 g/mol. The van der Waals surface area contributed by atoms with Crippen LogP contribution in [0.25, 0.3) is 0 Å². The maximum atomic E-state index is 5.79. The van der Waals surface area contributed by atoms with Crippen molar-refractivity contribution in [1.29, 1.82) is 0 Å². The Balaban J connectivity index is 2.52. The Bertz CT molecular complexity index is 599. The van der Waals surface area contributed by atoms with Crippen molar-refractivity contribution in [1.82, 2.24) is 5.43 Å². The number of halogens is 2. The predicted molar refractivity (Wildman–Crippen MR) is 91.9 cm³/mol. The molecule has 0 aliphatic carbocycles. The van der Waals surface area contributed by atoms with Gasteiger partial charge in [-0.15, -0.1) is 0 Å². The third kappa shape index (κ3) is 3.37. The first-order valence-corrected chi connectivity index (χ1v) is 7.88. The van der Waals surface area contributed by atoms with Gasteiger partial charge in [0.15, 0.2) is 0 Å². The van der Waals surface area contributed by atoms with Crippen LogP contribution < -0.4 is 11.3 Å². The van der Waals surface area contributed by atoms with E-state index in [1.165, 1.54) is 20.3 Å². The second kappa shape index (κ2) is 6.35. The van der Waals surface area contributed by atoms with Crippen molar-refractivity contribution in [3.05, 3.63) is 66.7 Å². The molecule has 0 aliphatic heterocycles. The highest BCUT2D eigenvalue weighted by molar-refractivity contribution is 14.1. The van der Waals surface area contributed by atoms with Crippen LogP contribution in [-0.4, -0.2) is 0 Å². The van der Waals surface area contributed by atoms with E-state index in [9.17, 15) is 0 Å². The van der Waals surface area contributed by atoms with Crippen LogP contribution in [0.2, 0.25) is 0 Å². The van der Waals surface area contributed by atoms with Gasteiger partial charge in [0.2, 0.25) is 0 Å². The molecule has 0 fully saturated rings. The lowest BCUT2D eigenvalue weighted by molar-refractivity contribution is 0.631. The quantitative estimate of drug-likeness (QED) is 0.434. The number of aryl methyl sites for hydroxylation is 2. The van der Waals surface area contributed by atoms with Gasteiger partial charge in [-0.3, -0.25) is 5.84 Å². The fourth-order valence-corrected chi connectivity index (χ4v) is 3.22. The van der Waals surface area contributed by atoms with E-state index < -0.39 is 0 Å². The van der Waals surface area contributed by atoms with Crippen LogP contribution >= 0.6 is 38.5 Å². The fraction of sp³-hybridized carbons (Fsp3) is 0.200. The largest absolute Gasteiger partial charge is 0.271 e. The summed E-state index contributed by atoms with van der Waals surface area (Å²) >= 11 is 5.93. The van der Waals surface area contributed by atoms with E-state index in [1.807, 2.05) is 0 Å². The summed E-state index contributed by atoms with van der Waals surface area (Å²) in [6, 6.07) is 12.7. The number of nitrogens with one attached hydrogen (secondary N) is 1. The van der Waals surface area contributed by atoms with Crippen LogP contribution in [0.15, 0.2) is 40.9 Å². The van der Waals surface area contributed by atoms with Gasteiger partial charge in [-0.1, -0.05) is 39.7 Å². The molecule has 0 aromatic heterocycles. The van der Waals surface area contributed by atoms with Gasteiger partial charge in [-0.2, -0.15) is 0 Å². The van der Waals surface area contributed by atoms with E-state index in [2.05, 4.69) is 94.2 Å². The lowest BCUT2D eigenvalue weighted by atomic mass is 9.94. The Labute approximate surface area is 136 Å². The Morgan fingerprint density at radius 1 is 1.11 bits per heavy atom. The molecule has 0 amide bonds. The molecule has 2 nitrogen and oxygen atoms in total. The Morgan fingerprint density at radius 3 is 2.47 bits per heavy atom. The van der Waals surface area contributed by atoms with Gasteiger partial charge in [-0.25, -0.2) is 5.43 Å². The molecule has 0 saturated heterocycles. The summed E-state index contributed by atoms with van der Waals surface area (Å²) in [6.45, 7) is 4.22. The zero-order valence-electron chi connectivity index (χ0n) is 10.9. The second-order valence-corrected chi connectivity index (χ2v) is 6.73.